The van der Waals surface area contributed by atoms with Crippen LogP contribution in [0.4, 0.5) is 0 Å². The molecule has 2 heterocycles. The molecule has 0 amide bonds. The Morgan fingerprint density at radius 2 is 2.15 bits per heavy atom. The fourth-order valence-electron chi connectivity index (χ4n) is 2.48. The van der Waals surface area contributed by atoms with Crippen molar-refractivity contribution >= 4 is 32.8 Å². The summed E-state index contributed by atoms with van der Waals surface area (Å²) in [5, 5.41) is 3.29. The van der Waals surface area contributed by atoms with Crippen LogP contribution in [0.3, 0.4) is 0 Å². The van der Waals surface area contributed by atoms with Crippen molar-refractivity contribution in [1.29, 1.82) is 0 Å². The van der Waals surface area contributed by atoms with E-state index in [1.165, 1.54) is 0 Å². The van der Waals surface area contributed by atoms with Crippen LogP contribution in [-0.4, -0.2) is 46.6 Å². The zero-order chi connectivity index (χ0) is 14.3. The number of nitrogens with one attached hydrogen (secondary N) is 1. The third-order valence-corrected chi connectivity index (χ3v) is 6.37. The van der Waals surface area contributed by atoms with E-state index >= 15 is 0 Å². The largest absolute Gasteiger partial charge is 0.311 e. The first-order chi connectivity index (χ1) is 9.51. The fraction of sp³-hybridized carbons (Fsp3) is 0.500. The first kappa shape index (κ1) is 13.9. The predicted molar refractivity (Wildman–Crippen MR) is 78.2 cm³/mol. The van der Waals surface area contributed by atoms with Gasteiger partial charge in [0.2, 0.25) is 10.0 Å². The molecule has 108 valence electrons. The number of sulfonamides is 1. The van der Waals surface area contributed by atoms with Gasteiger partial charge in [0.15, 0.2) is 0 Å². The first-order valence-corrected chi connectivity index (χ1v) is 8.65. The molecule has 0 spiro atoms. The van der Waals surface area contributed by atoms with Gasteiger partial charge in [-0.15, -0.1) is 0 Å². The van der Waals surface area contributed by atoms with Crippen LogP contribution in [0.5, 0.6) is 0 Å². The van der Waals surface area contributed by atoms with E-state index < -0.39 is 10.0 Å². The molecule has 1 aromatic carbocycles. The lowest BCUT2D eigenvalue weighted by molar-refractivity contribution is 0.233. The predicted octanol–water partition coefficient (Wildman–Crippen LogP) is 1.06. The van der Waals surface area contributed by atoms with E-state index in [1.54, 1.807) is 22.5 Å². The molecule has 0 bridgehead atoms. The van der Waals surface area contributed by atoms with Crippen LogP contribution in [-0.2, 0) is 10.0 Å². The van der Waals surface area contributed by atoms with E-state index in [0.29, 0.717) is 24.1 Å². The van der Waals surface area contributed by atoms with Crippen LogP contribution in [0, 0.1) is 0 Å². The summed E-state index contributed by atoms with van der Waals surface area (Å²) < 4.78 is 35.6. The zero-order valence-electron chi connectivity index (χ0n) is 11.3. The van der Waals surface area contributed by atoms with E-state index in [0.717, 1.165) is 11.7 Å². The lowest BCUT2D eigenvalue weighted by atomic mass is 10.1. The van der Waals surface area contributed by atoms with Crippen LogP contribution in [0.2, 0.25) is 0 Å². The van der Waals surface area contributed by atoms with Gasteiger partial charge in [-0.3, -0.25) is 0 Å². The second-order valence-electron chi connectivity index (χ2n) is 4.99. The molecule has 1 aromatic heterocycles. The molecule has 1 fully saturated rings. The maximum atomic E-state index is 12.9. The van der Waals surface area contributed by atoms with Crippen molar-refractivity contribution in [3.8, 4) is 0 Å². The van der Waals surface area contributed by atoms with E-state index in [1.807, 2.05) is 13.8 Å². The van der Waals surface area contributed by atoms with Crippen molar-refractivity contribution in [3.63, 3.8) is 0 Å². The number of hydrogen-bond acceptors (Lipinski definition) is 6. The van der Waals surface area contributed by atoms with Crippen LogP contribution in [0.1, 0.15) is 13.8 Å². The van der Waals surface area contributed by atoms with Gasteiger partial charge in [0.05, 0.1) is 11.7 Å². The molecule has 6 nitrogen and oxygen atoms in total. The highest BCUT2D eigenvalue weighted by atomic mass is 32.2. The van der Waals surface area contributed by atoms with Crippen molar-refractivity contribution in [1.82, 2.24) is 18.4 Å². The van der Waals surface area contributed by atoms with E-state index in [2.05, 4.69) is 14.1 Å². The minimum atomic E-state index is -3.54. The fourth-order valence-corrected chi connectivity index (χ4v) is 4.94. The van der Waals surface area contributed by atoms with Gasteiger partial charge in [-0.2, -0.15) is 13.1 Å². The van der Waals surface area contributed by atoms with Gasteiger partial charge >= 0.3 is 0 Å². The summed E-state index contributed by atoms with van der Waals surface area (Å²) in [4.78, 5) is 0.254. The lowest BCUT2D eigenvalue weighted by Crippen LogP contribution is -2.57. The minimum Gasteiger partial charge on any atom is -0.311 e. The zero-order valence-corrected chi connectivity index (χ0v) is 12.9. The Morgan fingerprint density at radius 3 is 2.95 bits per heavy atom. The van der Waals surface area contributed by atoms with Gasteiger partial charge in [-0.05, 0) is 26.0 Å². The summed E-state index contributed by atoms with van der Waals surface area (Å²) in [7, 11) is -3.54. The SMILES string of the molecule is CC1NCCN(S(=O)(=O)c2cccc3nsnc23)C1C. The summed E-state index contributed by atoms with van der Waals surface area (Å²) >= 11 is 1.04. The van der Waals surface area contributed by atoms with Crippen molar-refractivity contribution in [2.45, 2.75) is 30.8 Å². The highest BCUT2D eigenvalue weighted by Gasteiger charge is 2.35. The molecule has 20 heavy (non-hydrogen) atoms. The Balaban J connectivity index is 2.10. The molecule has 3 rings (SSSR count). The number of aromatic nitrogens is 2. The quantitative estimate of drug-likeness (QED) is 0.897. The van der Waals surface area contributed by atoms with Crippen molar-refractivity contribution < 1.29 is 8.42 Å². The van der Waals surface area contributed by atoms with Gasteiger partial charge in [-0.25, -0.2) is 8.42 Å². The number of rotatable bonds is 2. The average molecular weight is 312 g/mol. The molecular formula is C12H16N4O2S2. The van der Waals surface area contributed by atoms with E-state index in [-0.39, 0.29) is 17.0 Å². The topological polar surface area (TPSA) is 75.2 Å². The second kappa shape index (κ2) is 5.03. The van der Waals surface area contributed by atoms with Crippen molar-refractivity contribution in [3.05, 3.63) is 18.2 Å². The Bertz CT molecular complexity index is 728. The van der Waals surface area contributed by atoms with Crippen LogP contribution in [0.15, 0.2) is 23.1 Å². The van der Waals surface area contributed by atoms with Crippen molar-refractivity contribution in [2.24, 2.45) is 0 Å². The van der Waals surface area contributed by atoms with E-state index in [9.17, 15) is 8.42 Å². The monoisotopic (exact) mass is 312 g/mol. The number of fused-ring (bicyclic) bond motifs is 1. The molecule has 8 heteroatoms. The molecule has 0 radical (unpaired) electrons. The average Bonchev–Trinajstić information content (AvgIpc) is 2.89. The van der Waals surface area contributed by atoms with Gasteiger partial charge < -0.3 is 5.32 Å². The van der Waals surface area contributed by atoms with E-state index in [4.69, 9.17) is 0 Å². The molecular weight excluding hydrogens is 296 g/mol. The highest BCUT2D eigenvalue weighted by Crippen LogP contribution is 2.26. The summed E-state index contributed by atoms with van der Waals surface area (Å²) in [5.41, 5.74) is 1.10. The van der Waals surface area contributed by atoms with Crippen LogP contribution >= 0.6 is 11.7 Å². The summed E-state index contributed by atoms with van der Waals surface area (Å²) in [6.07, 6.45) is 0. The third kappa shape index (κ3) is 2.12. The van der Waals surface area contributed by atoms with Gasteiger partial charge in [-0.1, -0.05) is 6.07 Å². The molecule has 1 aliphatic rings. The van der Waals surface area contributed by atoms with Crippen LogP contribution in [0.25, 0.3) is 11.0 Å². The summed E-state index contributed by atoms with van der Waals surface area (Å²) in [5.74, 6) is 0. The number of piperazine rings is 1. The molecule has 2 unspecified atom stereocenters. The van der Waals surface area contributed by atoms with Gasteiger partial charge in [0, 0.05) is 25.2 Å². The standard InChI is InChI=1S/C12H16N4O2S2/c1-8-9(2)16(7-6-13-8)20(17,18)11-5-3-4-10-12(11)15-19-14-10/h3-5,8-9,13H,6-7H2,1-2H3. The van der Waals surface area contributed by atoms with Crippen molar-refractivity contribution in [2.75, 3.05) is 13.1 Å². The maximum Gasteiger partial charge on any atom is 0.245 e. The number of benzene rings is 1. The molecule has 1 aliphatic heterocycles. The molecule has 0 saturated carbocycles. The highest BCUT2D eigenvalue weighted by molar-refractivity contribution is 7.89. The normalized spacial score (nSPS) is 25.1. The number of nitrogens with zero attached hydrogens (tertiary/aromatic N) is 3. The van der Waals surface area contributed by atoms with Gasteiger partial charge in [0.1, 0.15) is 15.9 Å². The Labute approximate surface area is 122 Å². The number of hydrogen-bond donors (Lipinski definition) is 1. The smallest absolute Gasteiger partial charge is 0.245 e. The summed E-state index contributed by atoms with van der Waals surface area (Å²) in [6, 6.07) is 5.15. The third-order valence-electron chi connectivity index (χ3n) is 3.81. The summed E-state index contributed by atoms with van der Waals surface area (Å²) in [6.45, 7) is 5.06. The Hall–Kier alpha value is -1.09. The molecule has 0 aliphatic carbocycles. The molecule has 1 saturated heterocycles. The Kier molecular flexibility index (Phi) is 3.49. The molecule has 2 aromatic rings. The lowest BCUT2D eigenvalue weighted by Gasteiger charge is -2.37. The van der Waals surface area contributed by atoms with Gasteiger partial charge in [0.25, 0.3) is 0 Å². The second-order valence-corrected chi connectivity index (χ2v) is 7.37. The van der Waals surface area contributed by atoms with Crippen LogP contribution < -0.4 is 5.32 Å². The molecule has 1 N–H and O–H groups in total. The minimum absolute atomic E-state index is 0.0874. The Morgan fingerprint density at radius 1 is 1.35 bits per heavy atom. The maximum absolute atomic E-state index is 12.9. The molecule has 2 atom stereocenters. The first-order valence-electron chi connectivity index (χ1n) is 6.48.